The molecule has 1 aliphatic heterocycles. The van der Waals surface area contributed by atoms with E-state index in [0.717, 1.165) is 10.5 Å². The molecule has 2 aromatic carbocycles. The number of ether oxygens (including phenoxy) is 2. The summed E-state index contributed by atoms with van der Waals surface area (Å²) in [6.07, 6.45) is 1.31. The van der Waals surface area contributed by atoms with Gasteiger partial charge in [-0.2, -0.15) is 0 Å². The first-order valence-electron chi connectivity index (χ1n) is 8.91. The molecule has 1 fully saturated rings. The fourth-order valence-electron chi connectivity index (χ4n) is 2.92. The van der Waals surface area contributed by atoms with Crippen LogP contribution in [0.25, 0.3) is 6.08 Å². The van der Waals surface area contributed by atoms with Crippen molar-refractivity contribution in [3.63, 3.8) is 0 Å². The van der Waals surface area contributed by atoms with E-state index in [1.807, 2.05) is 13.0 Å². The second kappa shape index (κ2) is 9.00. The molecule has 2 N–H and O–H groups in total. The first-order chi connectivity index (χ1) is 14.7. The van der Waals surface area contributed by atoms with Gasteiger partial charge >= 0.3 is 12.0 Å². The second-order valence-electron chi connectivity index (χ2n) is 6.51. The highest BCUT2D eigenvalue weighted by Crippen LogP contribution is 2.37. The number of barbiturate groups is 1. The van der Waals surface area contributed by atoms with Crippen LogP contribution in [0.4, 0.5) is 10.5 Å². The minimum absolute atomic E-state index is 0.156. The SMILES string of the molecule is COc1cc(C=C2C(=O)NC(=O)N(c3cccc(C)c3)C2=O)cc(Br)c1OCC(=O)O. The smallest absolute Gasteiger partial charge is 0.341 e. The van der Waals surface area contributed by atoms with Crippen molar-refractivity contribution in [3.8, 4) is 11.5 Å². The number of aryl methyl sites for hydroxylation is 1. The lowest BCUT2D eigenvalue weighted by Gasteiger charge is -2.26. The Labute approximate surface area is 185 Å². The van der Waals surface area contributed by atoms with E-state index < -0.39 is 30.4 Å². The Balaban J connectivity index is 2.00. The Kier molecular flexibility index (Phi) is 6.40. The van der Waals surface area contributed by atoms with Crippen molar-refractivity contribution in [1.82, 2.24) is 5.32 Å². The minimum Gasteiger partial charge on any atom is -0.493 e. The summed E-state index contributed by atoms with van der Waals surface area (Å²) in [6, 6.07) is 8.92. The summed E-state index contributed by atoms with van der Waals surface area (Å²) in [6.45, 7) is 1.24. The maximum absolute atomic E-state index is 13.0. The number of hydrogen-bond donors (Lipinski definition) is 2. The predicted octanol–water partition coefficient (Wildman–Crippen LogP) is 2.90. The zero-order valence-electron chi connectivity index (χ0n) is 16.5. The van der Waals surface area contributed by atoms with Crippen LogP contribution in [0.5, 0.6) is 11.5 Å². The summed E-state index contributed by atoms with van der Waals surface area (Å²) in [5, 5.41) is 11.0. The van der Waals surface area contributed by atoms with Crippen molar-refractivity contribution in [1.29, 1.82) is 0 Å². The minimum atomic E-state index is -1.16. The number of nitrogens with zero attached hydrogens (tertiary/aromatic N) is 1. The molecule has 3 rings (SSSR count). The van der Waals surface area contributed by atoms with Crippen molar-refractivity contribution >= 4 is 51.5 Å². The number of urea groups is 1. The third-order valence-electron chi connectivity index (χ3n) is 4.26. The highest BCUT2D eigenvalue weighted by Gasteiger charge is 2.36. The number of benzene rings is 2. The summed E-state index contributed by atoms with van der Waals surface area (Å²) < 4.78 is 10.8. The van der Waals surface area contributed by atoms with Gasteiger partial charge in [-0.15, -0.1) is 0 Å². The summed E-state index contributed by atoms with van der Waals surface area (Å²) in [7, 11) is 1.36. The number of carboxylic acids is 1. The normalized spacial score (nSPS) is 15.1. The third kappa shape index (κ3) is 4.75. The number of nitrogens with one attached hydrogen (secondary N) is 1. The zero-order chi connectivity index (χ0) is 22.7. The molecule has 31 heavy (non-hydrogen) atoms. The Bertz CT molecular complexity index is 1130. The molecule has 1 saturated heterocycles. The second-order valence-corrected chi connectivity index (χ2v) is 7.37. The monoisotopic (exact) mass is 488 g/mol. The predicted molar refractivity (Wildman–Crippen MR) is 114 cm³/mol. The largest absolute Gasteiger partial charge is 0.493 e. The molecule has 0 unspecified atom stereocenters. The van der Waals surface area contributed by atoms with Gasteiger partial charge in [0.25, 0.3) is 11.8 Å². The van der Waals surface area contributed by atoms with Gasteiger partial charge in [-0.05, 0) is 64.3 Å². The van der Waals surface area contributed by atoms with E-state index in [0.29, 0.717) is 15.7 Å². The van der Waals surface area contributed by atoms with E-state index in [9.17, 15) is 19.2 Å². The van der Waals surface area contributed by atoms with E-state index in [2.05, 4.69) is 21.2 Å². The first-order valence-corrected chi connectivity index (χ1v) is 9.71. The van der Waals surface area contributed by atoms with Crippen molar-refractivity contribution in [2.75, 3.05) is 18.6 Å². The number of aliphatic carboxylic acids is 1. The molecule has 0 bridgehead atoms. The van der Waals surface area contributed by atoms with Crippen LogP contribution in [-0.2, 0) is 14.4 Å². The molecule has 2 aromatic rings. The van der Waals surface area contributed by atoms with Crippen LogP contribution in [0.15, 0.2) is 46.4 Å². The maximum Gasteiger partial charge on any atom is 0.341 e. The number of imide groups is 2. The number of carbonyl (C=O) groups excluding carboxylic acids is 3. The van der Waals surface area contributed by atoms with Gasteiger partial charge in [0.05, 0.1) is 17.3 Å². The standard InChI is InChI=1S/C21H17BrN2O7/c1-11-4-3-5-13(6-11)24-20(28)14(19(27)23-21(24)29)7-12-8-15(22)18(16(9-12)30-2)31-10-17(25)26/h3-9H,10H2,1-2H3,(H,25,26)(H,23,27,29). The summed E-state index contributed by atoms with van der Waals surface area (Å²) >= 11 is 3.27. The molecule has 160 valence electrons. The zero-order valence-corrected chi connectivity index (χ0v) is 18.1. The van der Waals surface area contributed by atoms with E-state index in [1.54, 1.807) is 18.2 Å². The average Bonchev–Trinajstić information content (AvgIpc) is 2.69. The molecule has 10 heteroatoms. The van der Waals surface area contributed by atoms with Crippen LogP contribution >= 0.6 is 15.9 Å². The van der Waals surface area contributed by atoms with Crippen LogP contribution in [-0.4, -0.2) is 42.6 Å². The first kappa shape index (κ1) is 22.0. The number of carboxylic acid groups (broad SMARTS) is 1. The number of amides is 4. The number of rotatable bonds is 6. The summed E-state index contributed by atoms with van der Waals surface area (Å²) in [5.41, 5.74) is 1.31. The van der Waals surface area contributed by atoms with Crippen LogP contribution in [0.3, 0.4) is 0 Å². The van der Waals surface area contributed by atoms with Crippen molar-refractivity contribution in [2.24, 2.45) is 0 Å². The Morgan fingerprint density at radius 2 is 1.97 bits per heavy atom. The highest BCUT2D eigenvalue weighted by molar-refractivity contribution is 9.10. The van der Waals surface area contributed by atoms with Gasteiger partial charge < -0.3 is 14.6 Å². The van der Waals surface area contributed by atoms with Crippen LogP contribution in [0.2, 0.25) is 0 Å². The van der Waals surface area contributed by atoms with Gasteiger partial charge in [0.15, 0.2) is 18.1 Å². The molecular weight excluding hydrogens is 472 g/mol. The lowest BCUT2D eigenvalue weighted by molar-refractivity contribution is -0.139. The van der Waals surface area contributed by atoms with E-state index in [4.69, 9.17) is 14.6 Å². The highest BCUT2D eigenvalue weighted by atomic mass is 79.9. The lowest BCUT2D eigenvalue weighted by Crippen LogP contribution is -2.54. The molecule has 4 amide bonds. The fraction of sp³-hybridized carbons (Fsp3) is 0.143. The molecule has 0 aliphatic carbocycles. The molecule has 0 spiro atoms. The number of halogens is 1. The quantitative estimate of drug-likeness (QED) is 0.473. The number of anilines is 1. The van der Waals surface area contributed by atoms with E-state index in [-0.39, 0.29) is 17.1 Å². The Morgan fingerprint density at radius 3 is 2.61 bits per heavy atom. The maximum atomic E-state index is 13.0. The Morgan fingerprint density at radius 1 is 1.23 bits per heavy atom. The van der Waals surface area contributed by atoms with Crippen LogP contribution in [0.1, 0.15) is 11.1 Å². The Hall–Kier alpha value is -3.66. The molecule has 1 heterocycles. The fourth-order valence-corrected chi connectivity index (χ4v) is 3.50. The molecular formula is C21H17BrN2O7. The van der Waals surface area contributed by atoms with Gasteiger partial charge in [-0.3, -0.25) is 14.9 Å². The van der Waals surface area contributed by atoms with Crippen LogP contribution in [0, 0.1) is 6.92 Å². The van der Waals surface area contributed by atoms with Gasteiger partial charge in [0.2, 0.25) is 0 Å². The molecule has 0 atom stereocenters. The van der Waals surface area contributed by atoms with Gasteiger partial charge in [-0.25, -0.2) is 14.5 Å². The summed E-state index contributed by atoms with van der Waals surface area (Å²) in [5.74, 6) is -2.42. The van der Waals surface area contributed by atoms with Gasteiger partial charge in [0.1, 0.15) is 5.57 Å². The third-order valence-corrected chi connectivity index (χ3v) is 4.85. The molecule has 0 aromatic heterocycles. The number of hydrogen-bond acceptors (Lipinski definition) is 6. The van der Waals surface area contributed by atoms with E-state index in [1.165, 1.54) is 25.3 Å². The molecule has 0 saturated carbocycles. The van der Waals surface area contributed by atoms with Gasteiger partial charge in [-0.1, -0.05) is 12.1 Å². The summed E-state index contributed by atoms with van der Waals surface area (Å²) in [4.78, 5) is 49.3. The van der Waals surface area contributed by atoms with Crippen LogP contribution < -0.4 is 19.7 Å². The molecule has 0 radical (unpaired) electrons. The molecule has 1 aliphatic rings. The number of carbonyl (C=O) groups is 4. The van der Waals surface area contributed by atoms with Crippen molar-refractivity contribution in [2.45, 2.75) is 6.92 Å². The lowest BCUT2D eigenvalue weighted by atomic mass is 10.1. The number of methoxy groups -OCH3 is 1. The van der Waals surface area contributed by atoms with Crippen molar-refractivity contribution < 1.29 is 33.8 Å². The van der Waals surface area contributed by atoms with Crippen molar-refractivity contribution in [3.05, 3.63) is 57.6 Å². The van der Waals surface area contributed by atoms with E-state index >= 15 is 0 Å². The average molecular weight is 489 g/mol. The van der Waals surface area contributed by atoms with Gasteiger partial charge in [0, 0.05) is 0 Å². The molecule has 9 nitrogen and oxygen atoms in total. The topological polar surface area (TPSA) is 122 Å².